The van der Waals surface area contributed by atoms with Gasteiger partial charge in [0.2, 0.25) is 0 Å². The molecule has 57 heavy (non-hydrogen) atoms. The van der Waals surface area contributed by atoms with Crippen LogP contribution in [0, 0.1) is 13.8 Å². The Morgan fingerprint density at radius 2 is 1.21 bits per heavy atom. The molecule has 4 aromatic carbocycles. The molecule has 292 valence electrons. The molecule has 1 N–H and O–H groups in total. The zero-order chi connectivity index (χ0) is 39.5. The summed E-state index contributed by atoms with van der Waals surface area (Å²) in [4.78, 5) is 40.6. The fourth-order valence-corrected chi connectivity index (χ4v) is 7.55. The summed E-state index contributed by atoms with van der Waals surface area (Å²) in [7, 11) is 3.49. The molecular weight excluding hydrogens is 719 g/mol. The monoisotopic (exact) mass is 765 g/mol. The van der Waals surface area contributed by atoms with Gasteiger partial charge in [0.15, 0.2) is 11.5 Å². The minimum absolute atomic E-state index is 0.0663. The summed E-state index contributed by atoms with van der Waals surface area (Å²) < 4.78 is 23.8. The summed E-state index contributed by atoms with van der Waals surface area (Å²) >= 11 is 0. The molecule has 0 aliphatic carbocycles. The molecule has 4 aliphatic heterocycles. The van der Waals surface area contributed by atoms with Gasteiger partial charge in [-0.15, -0.1) is 0 Å². The molecule has 0 unspecified atom stereocenters. The van der Waals surface area contributed by atoms with E-state index in [1.807, 2.05) is 75.2 Å². The average Bonchev–Trinajstić information content (AvgIpc) is 3.80. The lowest BCUT2D eigenvalue weighted by Gasteiger charge is -2.19. The highest BCUT2D eigenvalue weighted by Crippen LogP contribution is 2.41. The van der Waals surface area contributed by atoms with E-state index in [1.54, 1.807) is 29.0 Å². The number of carbonyl (C=O) groups excluding carboxylic acids is 2. The Bertz CT molecular complexity index is 2300. The number of fused-ring (bicyclic) bond motifs is 4. The number of aliphatic imine (C=N–C) groups is 2. The predicted octanol–water partition coefficient (Wildman–Crippen LogP) is 8.09. The molecule has 4 heterocycles. The van der Waals surface area contributed by atoms with E-state index >= 15 is 0 Å². The number of benzene rings is 4. The number of nitrogens with one attached hydrogen (secondary N) is 1. The van der Waals surface area contributed by atoms with E-state index in [0.717, 1.165) is 46.6 Å². The second-order valence-corrected chi connectivity index (χ2v) is 14.7. The molecule has 0 saturated heterocycles. The molecule has 8 rings (SSSR count). The quantitative estimate of drug-likeness (QED) is 0.129. The summed E-state index contributed by atoms with van der Waals surface area (Å²) in [6, 6.07) is 23.3. The minimum Gasteiger partial charge on any atom is -0.494 e. The van der Waals surface area contributed by atoms with Crippen LogP contribution >= 0.6 is 0 Å². The van der Waals surface area contributed by atoms with Gasteiger partial charge in [-0.05, 0) is 86.0 Å². The Hall–Kier alpha value is -6.20. The van der Waals surface area contributed by atoms with E-state index in [4.69, 9.17) is 28.9 Å². The second-order valence-electron chi connectivity index (χ2n) is 14.7. The van der Waals surface area contributed by atoms with Crippen LogP contribution < -0.4 is 24.3 Å². The Labute approximate surface area is 333 Å². The third-order valence-corrected chi connectivity index (χ3v) is 10.7. The Balaban J connectivity index is 0.873. The van der Waals surface area contributed by atoms with Crippen LogP contribution in [0.25, 0.3) is 11.1 Å². The van der Waals surface area contributed by atoms with Crippen molar-refractivity contribution in [3.05, 3.63) is 119 Å². The van der Waals surface area contributed by atoms with Crippen LogP contribution in [-0.4, -0.2) is 86.6 Å². The molecule has 11 nitrogen and oxygen atoms in total. The van der Waals surface area contributed by atoms with Crippen molar-refractivity contribution in [2.75, 3.05) is 40.5 Å². The van der Waals surface area contributed by atoms with Crippen LogP contribution in [0.3, 0.4) is 0 Å². The van der Waals surface area contributed by atoms with Crippen molar-refractivity contribution in [2.45, 2.75) is 51.6 Å². The van der Waals surface area contributed by atoms with E-state index in [0.29, 0.717) is 78.8 Å². The van der Waals surface area contributed by atoms with Gasteiger partial charge in [0, 0.05) is 56.2 Å². The summed E-state index contributed by atoms with van der Waals surface area (Å²) in [6.45, 7) is 6.30. The zero-order valence-corrected chi connectivity index (χ0v) is 32.8. The molecular formula is C46H47N5O6. The van der Waals surface area contributed by atoms with E-state index in [1.165, 1.54) is 5.56 Å². The van der Waals surface area contributed by atoms with Crippen LogP contribution in [0.15, 0.2) is 95.2 Å². The number of nitrogens with zero attached hydrogens (tertiary/aromatic N) is 4. The lowest BCUT2D eigenvalue weighted by molar-refractivity contribution is 0.0809. The van der Waals surface area contributed by atoms with Gasteiger partial charge < -0.3 is 34.1 Å². The van der Waals surface area contributed by atoms with E-state index < -0.39 is 0 Å². The maximum absolute atomic E-state index is 13.8. The van der Waals surface area contributed by atoms with Crippen LogP contribution in [0.5, 0.6) is 23.0 Å². The van der Waals surface area contributed by atoms with Gasteiger partial charge in [0.05, 0.1) is 61.5 Å². The van der Waals surface area contributed by atoms with Gasteiger partial charge in [-0.1, -0.05) is 42.0 Å². The topological polar surface area (TPSA) is 114 Å². The van der Waals surface area contributed by atoms with Crippen LogP contribution in [0.2, 0.25) is 0 Å². The highest BCUT2D eigenvalue weighted by Gasteiger charge is 2.35. The van der Waals surface area contributed by atoms with Crippen LogP contribution in [-0.2, 0) is 0 Å². The lowest BCUT2D eigenvalue weighted by Crippen LogP contribution is -2.32. The number of rotatable bonds is 14. The first-order valence-corrected chi connectivity index (χ1v) is 19.5. The van der Waals surface area contributed by atoms with E-state index in [9.17, 15) is 9.59 Å². The molecule has 2 amide bonds. The summed E-state index contributed by atoms with van der Waals surface area (Å²) in [5.74, 6) is 2.25. The molecule has 0 spiro atoms. The number of methoxy groups -OCH3 is 1. The summed E-state index contributed by atoms with van der Waals surface area (Å²) in [6.07, 6.45) is 10.5. The normalized spacial score (nSPS) is 17.9. The van der Waals surface area contributed by atoms with Gasteiger partial charge in [-0.3, -0.25) is 19.6 Å². The standard InChI is InChI=1S/C46H47N5O6/c1-29-7-9-31(10-8-29)33-20-35-25-48-40-23-42(30(2)19-38(40)45(52)50(35)27-33)56-17-6-18-57-44-24-41-39(22-43(44)54-4)46(53)51-28-34(21-36(51)26-49-41)32-11-13-37(14-12-32)55-16-5-15-47-3/h7-14,19,22-28,35-36,47H,5-6,15-18,20-21H2,1-4H3/t35-,36-/m0/s1. The van der Waals surface area contributed by atoms with Crippen molar-refractivity contribution in [2.24, 2.45) is 9.98 Å². The smallest absolute Gasteiger partial charge is 0.260 e. The highest BCUT2D eigenvalue weighted by molar-refractivity contribution is 6.06. The lowest BCUT2D eigenvalue weighted by atomic mass is 10.0. The molecule has 4 aromatic rings. The first kappa shape index (κ1) is 37.7. The van der Waals surface area contributed by atoms with Crippen molar-refractivity contribution in [1.82, 2.24) is 15.1 Å². The van der Waals surface area contributed by atoms with E-state index in [-0.39, 0.29) is 23.9 Å². The summed E-state index contributed by atoms with van der Waals surface area (Å²) in [5, 5.41) is 3.12. The zero-order valence-electron chi connectivity index (χ0n) is 32.8. The number of carbonyl (C=O) groups is 2. The van der Waals surface area contributed by atoms with Gasteiger partial charge in [0.1, 0.15) is 11.5 Å². The van der Waals surface area contributed by atoms with Crippen LogP contribution in [0.1, 0.15) is 68.7 Å². The number of aryl methyl sites for hydroxylation is 2. The highest BCUT2D eigenvalue weighted by atomic mass is 16.5. The fraction of sp³-hybridized carbons (Fsp3) is 0.304. The molecule has 0 aromatic heterocycles. The van der Waals surface area contributed by atoms with Crippen LogP contribution in [0.4, 0.5) is 11.4 Å². The van der Waals surface area contributed by atoms with Gasteiger partial charge >= 0.3 is 0 Å². The molecule has 0 fully saturated rings. The fourth-order valence-electron chi connectivity index (χ4n) is 7.55. The Kier molecular flexibility index (Phi) is 10.9. The largest absolute Gasteiger partial charge is 0.494 e. The predicted molar refractivity (Wildman–Crippen MR) is 223 cm³/mol. The molecule has 11 heteroatoms. The molecule has 0 saturated carbocycles. The van der Waals surface area contributed by atoms with Gasteiger partial charge in [0.25, 0.3) is 11.8 Å². The minimum atomic E-state index is -0.198. The molecule has 2 atom stereocenters. The molecule has 4 aliphatic rings. The number of hydrogen-bond donors (Lipinski definition) is 1. The number of hydrogen-bond acceptors (Lipinski definition) is 9. The Morgan fingerprint density at radius 3 is 1.81 bits per heavy atom. The summed E-state index contributed by atoms with van der Waals surface area (Å²) in [5.41, 5.74) is 8.56. The maximum Gasteiger partial charge on any atom is 0.260 e. The second kappa shape index (κ2) is 16.5. The molecule has 0 radical (unpaired) electrons. The third kappa shape index (κ3) is 7.93. The third-order valence-electron chi connectivity index (χ3n) is 10.7. The van der Waals surface area contributed by atoms with Crippen molar-refractivity contribution < 1.29 is 28.5 Å². The Morgan fingerprint density at radius 1 is 0.667 bits per heavy atom. The molecule has 0 bridgehead atoms. The van der Waals surface area contributed by atoms with Gasteiger partial charge in [-0.2, -0.15) is 0 Å². The number of ether oxygens (including phenoxy) is 4. The SMILES string of the molecule is CNCCCOc1ccc(C2=CN3C(=O)c4cc(OC)c(OCCCOc5cc6c(cc5C)C(=O)N5C=C(c7ccc(C)cc7)C[C@H]5C=N6)cc4N=C[C@@H]3C2)cc1. The van der Waals surface area contributed by atoms with Gasteiger partial charge in [-0.25, -0.2) is 0 Å². The maximum atomic E-state index is 13.8. The van der Waals surface area contributed by atoms with Crippen molar-refractivity contribution >= 4 is 46.8 Å². The first-order valence-electron chi connectivity index (χ1n) is 19.5. The number of amides is 2. The van der Waals surface area contributed by atoms with Crippen molar-refractivity contribution in [3.63, 3.8) is 0 Å². The first-order chi connectivity index (χ1) is 27.8. The average molecular weight is 766 g/mol. The van der Waals surface area contributed by atoms with Crippen molar-refractivity contribution in [3.8, 4) is 23.0 Å². The van der Waals surface area contributed by atoms with Crippen molar-refractivity contribution in [1.29, 1.82) is 0 Å². The van der Waals surface area contributed by atoms with E-state index in [2.05, 4.69) is 36.5 Å².